The minimum absolute atomic E-state index is 0.180. The molecule has 1 atom stereocenters. The van der Waals surface area contributed by atoms with Crippen molar-refractivity contribution in [3.05, 3.63) is 0 Å². The Kier molecular flexibility index (Phi) is 5.36. The molecule has 0 aromatic carbocycles. The van der Waals surface area contributed by atoms with E-state index in [9.17, 15) is 8.42 Å². The van der Waals surface area contributed by atoms with Gasteiger partial charge in [-0.1, -0.05) is 6.92 Å². The first-order valence-corrected chi connectivity index (χ1v) is 7.86. The van der Waals surface area contributed by atoms with Crippen molar-refractivity contribution in [1.82, 2.24) is 5.32 Å². The Hall–Kier alpha value is 0.200. The van der Waals surface area contributed by atoms with Gasteiger partial charge in [0, 0.05) is 24.2 Å². The summed E-state index contributed by atoms with van der Waals surface area (Å²) in [4.78, 5) is 0. The lowest BCUT2D eigenvalue weighted by Gasteiger charge is -2.09. The topological polar surface area (TPSA) is 46.2 Å². The van der Waals surface area contributed by atoms with Gasteiger partial charge in [-0.25, -0.2) is 8.42 Å². The van der Waals surface area contributed by atoms with Gasteiger partial charge in [0.15, 0.2) is 9.84 Å². The van der Waals surface area contributed by atoms with E-state index in [-0.39, 0.29) is 11.1 Å². The van der Waals surface area contributed by atoms with Crippen LogP contribution in [0.25, 0.3) is 0 Å². The first kappa shape index (κ1) is 13.3. The van der Waals surface area contributed by atoms with Crippen LogP contribution in [0.3, 0.4) is 0 Å². The van der Waals surface area contributed by atoms with Crippen LogP contribution in [0.4, 0.5) is 0 Å². The number of alkyl halides is 1. The van der Waals surface area contributed by atoms with Crippen LogP contribution >= 0.6 is 11.6 Å². The molecule has 0 radical (unpaired) electrons. The van der Waals surface area contributed by atoms with E-state index >= 15 is 0 Å². The molecular formula is C10H20ClNO2S. The molecule has 1 rings (SSSR count). The lowest BCUT2D eigenvalue weighted by atomic mass is 10.3. The van der Waals surface area contributed by atoms with Gasteiger partial charge in [-0.05, 0) is 25.2 Å². The average Bonchev–Trinajstić information content (AvgIpc) is 2.95. The molecule has 15 heavy (non-hydrogen) atoms. The molecule has 0 aromatic heterocycles. The van der Waals surface area contributed by atoms with Crippen LogP contribution in [0.15, 0.2) is 0 Å². The van der Waals surface area contributed by atoms with Crippen molar-refractivity contribution >= 4 is 21.4 Å². The van der Waals surface area contributed by atoms with E-state index in [4.69, 9.17) is 11.6 Å². The van der Waals surface area contributed by atoms with Gasteiger partial charge in [-0.2, -0.15) is 0 Å². The number of halogens is 1. The fourth-order valence-corrected chi connectivity index (χ4v) is 3.15. The molecule has 0 heterocycles. The van der Waals surface area contributed by atoms with Gasteiger partial charge in [0.25, 0.3) is 0 Å². The molecule has 1 unspecified atom stereocenters. The maximum absolute atomic E-state index is 11.3. The van der Waals surface area contributed by atoms with Crippen molar-refractivity contribution in [3.8, 4) is 0 Å². The number of rotatable bonds is 8. The lowest BCUT2D eigenvalue weighted by Crippen LogP contribution is -2.30. The van der Waals surface area contributed by atoms with Crippen LogP contribution in [0.1, 0.15) is 26.2 Å². The molecule has 0 aromatic rings. The second-order valence-electron chi connectivity index (χ2n) is 4.21. The van der Waals surface area contributed by atoms with Crippen LogP contribution in [0, 0.1) is 5.92 Å². The SMILES string of the molecule is CCCS(=O)(=O)CCNCC(Cl)C1CC1. The highest BCUT2D eigenvalue weighted by Gasteiger charge is 2.29. The molecule has 0 bridgehead atoms. The maximum Gasteiger partial charge on any atom is 0.151 e. The summed E-state index contributed by atoms with van der Waals surface area (Å²) >= 11 is 6.08. The third kappa shape index (κ3) is 5.73. The fraction of sp³-hybridized carbons (Fsp3) is 1.00. The number of nitrogens with one attached hydrogen (secondary N) is 1. The van der Waals surface area contributed by atoms with Gasteiger partial charge in [-0.3, -0.25) is 0 Å². The zero-order chi connectivity index (χ0) is 11.3. The van der Waals surface area contributed by atoms with Crippen molar-refractivity contribution in [3.63, 3.8) is 0 Å². The number of hydrogen-bond donors (Lipinski definition) is 1. The molecule has 1 aliphatic rings. The lowest BCUT2D eigenvalue weighted by molar-refractivity contribution is 0.585. The third-order valence-corrected chi connectivity index (χ3v) is 4.94. The highest BCUT2D eigenvalue weighted by Crippen LogP contribution is 2.35. The van der Waals surface area contributed by atoms with Crippen LogP contribution in [-0.4, -0.2) is 38.4 Å². The predicted octanol–water partition coefficient (Wildman–Crippen LogP) is 1.42. The second-order valence-corrected chi connectivity index (χ2v) is 7.07. The Labute approximate surface area is 97.5 Å². The molecule has 3 nitrogen and oxygen atoms in total. The first-order chi connectivity index (χ1) is 7.05. The molecule has 1 fully saturated rings. The minimum atomic E-state index is -2.84. The van der Waals surface area contributed by atoms with Crippen molar-refractivity contribution in [2.45, 2.75) is 31.6 Å². The standard InChI is InChI=1S/C10H20ClNO2S/c1-2-6-15(13,14)7-5-12-8-10(11)9-3-4-9/h9-10,12H,2-8H2,1H3. The summed E-state index contributed by atoms with van der Waals surface area (Å²) in [6, 6.07) is 0. The molecule has 90 valence electrons. The zero-order valence-electron chi connectivity index (χ0n) is 9.21. The van der Waals surface area contributed by atoms with Crippen molar-refractivity contribution in [2.75, 3.05) is 24.6 Å². The summed E-state index contributed by atoms with van der Waals surface area (Å²) in [5, 5.41) is 3.29. The van der Waals surface area contributed by atoms with Crippen molar-refractivity contribution < 1.29 is 8.42 Å². The van der Waals surface area contributed by atoms with Gasteiger partial charge in [0.05, 0.1) is 5.75 Å². The monoisotopic (exact) mass is 253 g/mol. The van der Waals surface area contributed by atoms with E-state index in [1.807, 2.05) is 6.92 Å². The molecule has 1 N–H and O–H groups in total. The van der Waals surface area contributed by atoms with E-state index in [1.165, 1.54) is 12.8 Å². The van der Waals surface area contributed by atoms with Crippen LogP contribution in [-0.2, 0) is 9.84 Å². The Bertz CT molecular complexity index is 275. The second kappa shape index (κ2) is 6.06. The van der Waals surface area contributed by atoms with Gasteiger partial charge in [0.1, 0.15) is 0 Å². The molecule has 1 saturated carbocycles. The van der Waals surface area contributed by atoms with Gasteiger partial charge in [-0.15, -0.1) is 11.6 Å². The quantitative estimate of drug-likeness (QED) is 0.526. The molecule has 0 amide bonds. The smallest absolute Gasteiger partial charge is 0.151 e. The largest absolute Gasteiger partial charge is 0.314 e. The average molecular weight is 254 g/mol. The fourth-order valence-electron chi connectivity index (χ4n) is 1.51. The molecule has 5 heteroatoms. The number of sulfone groups is 1. The Morgan fingerprint density at radius 2 is 2.07 bits per heavy atom. The summed E-state index contributed by atoms with van der Waals surface area (Å²) in [5.41, 5.74) is 0. The minimum Gasteiger partial charge on any atom is -0.314 e. The van der Waals surface area contributed by atoms with E-state index in [2.05, 4.69) is 5.32 Å². The highest BCUT2D eigenvalue weighted by molar-refractivity contribution is 7.91. The predicted molar refractivity (Wildman–Crippen MR) is 64.2 cm³/mol. The first-order valence-electron chi connectivity index (χ1n) is 5.60. The van der Waals surface area contributed by atoms with Crippen LogP contribution in [0.2, 0.25) is 0 Å². The van der Waals surface area contributed by atoms with Crippen molar-refractivity contribution in [2.24, 2.45) is 5.92 Å². The Morgan fingerprint density at radius 3 is 2.60 bits per heavy atom. The van der Waals surface area contributed by atoms with Gasteiger partial charge in [0.2, 0.25) is 0 Å². The molecule has 1 aliphatic carbocycles. The van der Waals surface area contributed by atoms with Gasteiger partial charge < -0.3 is 5.32 Å². The van der Waals surface area contributed by atoms with E-state index in [0.717, 1.165) is 6.54 Å². The normalized spacial score (nSPS) is 19.1. The molecule has 0 aliphatic heterocycles. The molecule has 0 saturated heterocycles. The molecule has 0 spiro atoms. The Balaban J connectivity index is 2.05. The van der Waals surface area contributed by atoms with E-state index in [1.54, 1.807) is 0 Å². The summed E-state index contributed by atoms with van der Waals surface area (Å²) in [7, 11) is -2.84. The van der Waals surface area contributed by atoms with Gasteiger partial charge >= 0.3 is 0 Å². The summed E-state index contributed by atoms with van der Waals surface area (Å²) in [5.74, 6) is 1.18. The van der Waals surface area contributed by atoms with Crippen LogP contribution in [0.5, 0.6) is 0 Å². The van der Waals surface area contributed by atoms with E-state index < -0.39 is 9.84 Å². The highest BCUT2D eigenvalue weighted by atomic mass is 35.5. The summed E-state index contributed by atoms with van der Waals surface area (Å²) in [6.45, 7) is 3.14. The molecular weight excluding hydrogens is 234 g/mol. The number of hydrogen-bond acceptors (Lipinski definition) is 3. The maximum atomic E-state index is 11.3. The van der Waals surface area contributed by atoms with Crippen LogP contribution < -0.4 is 5.32 Å². The van der Waals surface area contributed by atoms with Crippen molar-refractivity contribution in [1.29, 1.82) is 0 Å². The Morgan fingerprint density at radius 1 is 1.40 bits per heavy atom. The summed E-state index contributed by atoms with van der Waals surface area (Å²) < 4.78 is 22.7. The summed E-state index contributed by atoms with van der Waals surface area (Å²) in [6.07, 6.45) is 3.15. The zero-order valence-corrected chi connectivity index (χ0v) is 10.8. The van der Waals surface area contributed by atoms with E-state index in [0.29, 0.717) is 24.6 Å². The third-order valence-electron chi connectivity index (χ3n) is 2.58.